The van der Waals surface area contributed by atoms with Gasteiger partial charge in [0, 0.05) is 23.6 Å². The van der Waals surface area contributed by atoms with Gasteiger partial charge in [-0.3, -0.25) is 4.79 Å². The van der Waals surface area contributed by atoms with E-state index in [0.29, 0.717) is 22.0 Å². The Kier molecular flexibility index (Phi) is 6.37. The van der Waals surface area contributed by atoms with Gasteiger partial charge in [-0.15, -0.1) is 11.8 Å². The zero-order valence-electron chi connectivity index (χ0n) is 14.3. The lowest BCUT2D eigenvalue weighted by Crippen LogP contribution is -2.14. The number of benzene rings is 1. The van der Waals surface area contributed by atoms with E-state index in [1.54, 1.807) is 0 Å². The maximum absolute atomic E-state index is 12.0. The van der Waals surface area contributed by atoms with Gasteiger partial charge in [0.2, 0.25) is 15.9 Å². The molecule has 0 spiro atoms. The normalized spacial score (nSPS) is 11.0. The molecule has 0 bridgehead atoms. The molecule has 0 fully saturated rings. The van der Waals surface area contributed by atoms with Crippen molar-refractivity contribution in [3.63, 3.8) is 0 Å². The molecule has 7 nitrogen and oxygen atoms in total. The number of anilines is 1. The molecule has 0 saturated carbocycles. The highest BCUT2D eigenvalue weighted by molar-refractivity contribution is 7.99. The average Bonchev–Trinajstić information content (AvgIpc) is 2.54. The number of hydrogen-bond acceptors (Lipinski definition) is 6. The number of sulfonamides is 1. The molecule has 26 heavy (non-hydrogen) atoms. The standard InChI is InChI=1S/C17H18N4O3S2/c1-11-9-12(2)20-17(15(11)10-18)25-8-7-16(22)21-13-3-5-14(6-4-13)26(19,23)24/h3-6,9H,7-8H2,1-2H3,(H,21,22)(H2,19,23,24). The Hall–Kier alpha value is -2.41. The van der Waals surface area contributed by atoms with Gasteiger partial charge in [0.05, 0.1) is 10.5 Å². The van der Waals surface area contributed by atoms with Crippen molar-refractivity contribution < 1.29 is 13.2 Å². The van der Waals surface area contributed by atoms with Gasteiger partial charge in [-0.1, -0.05) is 0 Å². The second-order valence-corrected chi connectivity index (χ2v) is 8.23. The number of primary sulfonamides is 1. The van der Waals surface area contributed by atoms with E-state index in [9.17, 15) is 18.5 Å². The molecule has 0 radical (unpaired) electrons. The summed E-state index contributed by atoms with van der Waals surface area (Å²) < 4.78 is 22.4. The van der Waals surface area contributed by atoms with Crippen LogP contribution in [0.4, 0.5) is 5.69 Å². The lowest BCUT2D eigenvalue weighted by molar-refractivity contribution is -0.115. The van der Waals surface area contributed by atoms with Gasteiger partial charge in [-0.05, 0) is 49.7 Å². The number of amides is 1. The number of carbonyl (C=O) groups is 1. The van der Waals surface area contributed by atoms with Crippen LogP contribution in [0.25, 0.3) is 0 Å². The van der Waals surface area contributed by atoms with Crippen molar-refractivity contribution in [1.29, 1.82) is 5.26 Å². The van der Waals surface area contributed by atoms with E-state index in [1.165, 1.54) is 36.0 Å². The zero-order valence-corrected chi connectivity index (χ0v) is 15.9. The van der Waals surface area contributed by atoms with Crippen LogP contribution in [-0.2, 0) is 14.8 Å². The molecular weight excluding hydrogens is 372 g/mol. The average molecular weight is 390 g/mol. The first-order valence-corrected chi connectivity index (χ1v) is 10.2. The minimum Gasteiger partial charge on any atom is -0.326 e. The third-order valence-electron chi connectivity index (χ3n) is 3.46. The third kappa shape index (κ3) is 5.29. The second-order valence-electron chi connectivity index (χ2n) is 5.59. The molecule has 0 aliphatic carbocycles. The predicted octanol–water partition coefficient (Wildman–Crippen LogP) is 2.34. The number of aromatic nitrogens is 1. The van der Waals surface area contributed by atoms with E-state index in [0.717, 1.165) is 11.3 Å². The molecule has 0 atom stereocenters. The number of rotatable bonds is 6. The molecule has 1 amide bonds. The van der Waals surface area contributed by atoms with Crippen LogP contribution in [0.2, 0.25) is 0 Å². The molecule has 0 aliphatic rings. The van der Waals surface area contributed by atoms with Gasteiger partial charge < -0.3 is 5.32 Å². The monoisotopic (exact) mass is 390 g/mol. The summed E-state index contributed by atoms with van der Waals surface area (Å²) in [7, 11) is -3.76. The molecule has 136 valence electrons. The van der Waals surface area contributed by atoms with Gasteiger partial charge in [0.15, 0.2) is 0 Å². The number of carbonyl (C=O) groups excluding carboxylic acids is 1. The van der Waals surface area contributed by atoms with Crippen molar-refractivity contribution in [2.75, 3.05) is 11.1 Å². The van der Waals surface area contributed by atoms with E-state index in [2.05, 4.69) is 16.4 Å². The molecule has 0 unspecified atom stereocenters. The van der Waals surface area contributed by atoms with E-state index >= 15 is 0 Å². The number of hydrogen-bond donors (Lipinski definition) is 2. The zero-order chi connectivity index (χ0) is 19.3. The molecule has 1 aromatic heterocycles. The number of nitrogens with zero attached hydrogens (tertiary/aromatic N) is 2. The fraction of sp³-hybridized carbons (Fsp3) is 0.235. The summed E-state index contributed by atoms with van der Waals surface area (Å²) in [5, 5.41) is 17.6. The van der Waals surface area contributed by atoms with E-state index < -0.39 is 10.0 Å². The lowest BCUT2D eigenvalue weighted by atomic mass is 10.1. The van der Waals surface area contributed by atoms with Crippen LogP contribution in [0, 0.1) is 25.2 Å². The Morgan fingerprint density at radius 3 is 2.54 bits per heavy atom. The largest absolute Gasteiger partial charge is 0.326 e. The fourth-order valence-corrected chi connectivity index (χ4v) is 3.79. The molecule has 0 saturated heterocycles. The second kappa shape index (κ2) is 8.31. The van der Waals surface area contributed by atoms with Crippen molar-refractivity contribution in [2.45, 2.75) is 30.2 Å². The summed E-state index contributed by atoms with van der Waals surface area (Å²) in [4.78, 5) is 16.4. The lowest BCUT2D eigenvalue weighted by Gasteiger charge is -2.08. The fourth-order valence-electron chi connectivity index (χ4n) is 2.23. The maximum Gasteiger partial charge on any atom is 0.238 e. The van der Waals surface area contributed by atoms with Crippen LogP contribution in [-0.4, -0.2) is 25.1 Å². The Morgan fingerprint density at radius 1 is 1.31 bits per heavy atom. The molecule has 1 aromatic carbocycles. The summed E-state index contributed by atoms with van der Waals surface area (Å²) in [6.45, 7) is 3.71. The quantitative estimate of drug-likeness (QED) is 0.729. The summed E-state index contributed by atoms with van der Waals surface area (Å²) in [5.41, 5.74) is 2.69. The summed E-state index contributed by atoms with van der Waals surface area (Å²) in [5.74, 6) is 0.245. The number of nitrogens with one attached hydrogen (secondary N) is 1. The number of aryl methyl sites for hydroxylation is 2. The molecule has 2 aromatic rings. The number of nitrogens with two attached hydrogens (primary N) is 1. The first-order chi connectivity index (χ1) is 12.2. The Bertz CT molecular complexity index is 965. The first kappa shape index (κ1) is 19.9. The molecule has 0 aliphatic heterocycles. The number of thioether (sulfide) groups is 1. The van der Waals surface area contributed by atoms with Crippen LogP contribution in [0.1, 0.15) is 23.2 Å². The highest BCUT2D eigenvalue weighted by Gasteiger charge is 2.11. The Labute approximate surface area is 156 Å². The highest BCUT2D eigenvalue weighted by atomic mass is 32.2. The van der Waals surface area contributed by atoms with Gasteiger partial charge >= 0.3 is 0 Å². The Balaban J connectivity index is 1.93. The molecule has 2 rings (SSSR count). The minimum atomic E-state index is -3.76. The van der Waals surface area contributed by atoms with Crippen molar-refractivity contribution >= 4 is 33.4 Å². The number of nitriles is 1. The third-order valence-corrected chi connectivity index (χ3v) is 5.36. The van der Waals surface area contributed by atoms with Gasteiger partial charge in [-0.25, -0.2) is 18.5 Å². The summed E-state index contributed by atoms with van der Waals surface area (Å²) in [6.07, 6.45) is 0.223. The highest BCUT2D eigenvalue weighted by Crippen LogP contribution is 2.24. The van der Waals surface area contributed by atoms with Crippen LogP contribution < -0.4 is 10.5 Å². The maximum atomic E-state index is 12.0. The van der Waals surface area contributed by atoms with Gasteiger partial charge in [0.25, 0.3) is 0 Å². The summed E-state index contributed by atoms with van der Waals surface area (Å²) >= 11 is 1.35. The van der Waals surface area contributed by atoms with Crippen LogP contribution in [0.5, 0.6) is 0 Å². The van der Waals surface area contributed by atoms with Crippen LogP contribution >= 0.6 is 11.8 Å². The van der Waals surface area contributed by atoms with E-state index in [-0.39, 0.29) is 17.2 Å². The Morgan fingerprint density at radius 2 is 1.96 bits per heavy atom. The van der Waals surface area contributed by atoms with Crippen molar-refractivity contribution in [3.05, 3.63) is 47.2 Å². The topological polar surface area (TPSA) is 126 Å². The van der Waals surface area contributed by atoms with Gasteiger partial charge in [0.1, 0.15) is 11.1 Å². The van der Waals surface area contributed by atoms with E-state index in [4.69, 9.17) is 5.14 Å². The first-order valence-electron chi connectivity index (χ1n) is 7.64. The molecule has 9 heteroatoms. The number of pyridine rings is 1. The van der Waals surface area contributed by atoms with Crippen LogP contribution in [0.15, 0.2) is 40.3 Å². The molecule has 3 N–H and O–H groups in total. The molecule has 1 heterocycles. The van der Waals surface area contributed by atoms with Gasteiger partial charge in [-0.2, -0.15) is 5.26 Å². The van der Waals surface area contributed by atoms with Crippen molar-refractivity contribution in [3.8, 4) is 6.07 Å². The SMILES string of the molecule is Cc1cc(C)c(C#N)c(SCCC(=O)Nc2ccc(S(N)(=O)=O)cc2)n1. The smallest absolute Gasteiger partial charge is 0.238 e. The van der Waals surface area contributed by atoms with E-state index in [1.807, 2.05) is 19.9 Å². The molecular formula is C17H18N4O3S2. The predicted molar refractivity (Wildman–Crippen MR) is 100 cm³/mol. The summed E-state index contributed by atoms with van der Waals surface area (Å²) in [6, 6.07) is 9.61. The minimum absolute atomic E-state index is 0.0176. The van der Waals surface area contributed by atoms with Crippen molar-refractivity contribution in [2.24, 2.45) is 5.14 Å². The van der Waals surface area contributed by atoms with Crippen LogP contribution in [0.3, 0.4) is 0 Å². The van der Waals surface area contributed by atoms with Crippen molar-refractivity contribution in [1.82, 2.24) is 4.98 Å².